The quantitative estimate of drug-likeness (QED) is 0.913. The van der Waals surface area contributed by atoms with Crippen molar-refractivity contribution in [3.63, 3.8) is 0 Å². The molecule has 0 aliphatic carbocycles. The van der Waals surface area contributed by atoms with Gasteiger partial charge in [0.1, 0.15) is 17.3 Å². The van der Waals surface area contributed by atoms with Crippen LogP contribution in [0.3, 0.4) is 0 Å². The van der Waals surface area contributed by atoms with Gasteiger partial charge in [-0.25, -0.2) is 9.97 Å². The number of anilines is 3. The highest BCUT2D eigenvalue weighted by molar-refractivity contribution is 5.47. The van der Waals surface area contributed by atoms with Crippen LogP contribution in [0.25, 0.3) is 0 Å². The van der Waals surface area contributed by atoms with E-state index in [1.54, 1.807) is 12.3 Å². The summed E-state index contributed by atoms with van der Waals surface area (Å²) >= 11 is 0. The molecule has 25 heavy (non-hydrogen) atoms. The fraction of sp³-hybridized carbons (Fsp3) is 0.438. The van der Waals surface area contributed by atoms with Crippen molar-refractivity contribution in [3.05, 3.63) is 36.2 Å². The summed E-state index contributed by atoms with van der Waals surface area (Å²) in [7, 11) is 0. The molecule has 3 rings (SSSR count). The van der Waals surface area contributed by atoms with Crippen molar-refractivity contribution in [2.24, 2.45) is 0 Å². The minimum absolute atomic E-state index is 0.352. The van der Waals surface area contributed by atoms with Crippen LogP contribution in [-0.4, -0.2) is 47.7 Å². The minimum Gasteiger partial charge on any atom is -0.354 e. The lowest BCUT2D eigenvalue weighted by Crippen LogP contribution is -2.47. The van der Waals surface area contributed by atoms with E-state index in [0.29, 0.717) is 37.9 Å². The van der Waals surface area contributed by atoms with Gasteiger partial charge < -0.3 is 15.1 Å². The van der Waals surface area contributed by atoms with E-state index in [0.717, 1.165) is 18.4 Å². The van der Waals surface area contributed by atoms with Gasteiger partial charge in [-0.15, -0.1) is 0 Å². The topological polar surface area (TPSA) is 57.2 Å². The Bertz CT molecular complexity index is 713. The molecule has 1 aliphatic rings. The molecule has 0 unspecified atom stereocenters. The van der Waals surface area contributed by atoms with Crippen molar-refractivity contribution in [2.45, 2.75) is 13.1 Å². The zero-order valence-electron chi connectivity index (χ0n) is 13.8. The molecule has 1 N–H and O–H groups in total. The predicted octanol–water partition coefficient (Wildman–Crippen LogP) is 2.65. The Balaban J connectivity index is 1.67. The van der Waals surface area contributed by atoms with Crippen molar-refractivity contribution in [1.82, 2.24) is 15.0 Å². The molecule has 9 heteroatoms. The van der Waals surface area contributed by atoms with Crippen molar-refractivity contribution in [3.8, 4) is 0 Å². The number of nitrogens with one attached hydrogen (secondary N) is 1. The highest BCUT2D eigenvalue weighted by Crippen LogP contribution is 2.29. The standard InChI is InChI=1S/C16H19F3N6/c1-2-20-15-21-7-6-14(23-15)25-10-8-24(9-11-25)13-5-3-4-12(22-13)16(17,18)19/h3-7H,2,8-11H2,1H3,(H,20,21,23). The number of halogens is 3. The predicted molar refractivity (Wildman–Crippen MR) is 89.9 cm³/mol. The van der Waals surface area contributed by atoms with Crippen molar-refractivity contribution >= 4 is 17.6 Å². The lowest BCUT2D eigenvalue weighted by molar-refractivity contribution is -0.141. The van der Waals surface area contributed by atoms with E-state index in [4.69, 9.17) is 0 Å². The highest BCUT2D eigenvalue weighted by atomic mass is 19.4. The largest absolute Gasteiger partial charge is 0.433 e. The Morgan fingerprint density at radius 2 is 1.64 bits per heavy atom. The first-order valence-corrected chi connectivity index (χ1v) is 8.08. The molecule has 2 aromatic rings. The smallest absolute Gasteiger partial charge is 0.354 e. The third kappa shape index (κ3) is 4.09. The van der Waals surface area contributed by atoms with Gasteiger partial charge in [0.05, 0.1) is 0 Å². The highest BCUT2D eigenvalue weighted by Gasteiger charge is 2.33. The molecule has 6 nitrogen and oxygen atoms in total. The Morgan fingerprint density at radius 1 is 1.00 bits per heavy atom. The van der Waals surface area contributed by atoms with Crippen LogP contribution in [0.15, 0.2) is 30.5 Å². The van der Waals surface area contributed by atoms with Gasteiger partial charge in [-0.2, -0.15) is 18.2 Å². The van der Waals surface area contributed by atoms with Gasteiger partial charge in [-0.05, 0) is 25.1 Å². The zero-order chi connectivity index (χ0) is 17.9. The van der Waals surface area contributed by atoms with Gasteiger partial charge in [0.25, 0.3) is 0 Å². The number of hydrogen-bond acceptors (Lipinski definition) is 6. The monoisotopic (exact) mass is 352 g/mol. The maximum atomic E-state index is 12.8. The fourth-order valence-corrected chi connectivity index (χ4v) is 2.69. The molecule has 0 spiro atoms. The third-order valence-electron chi connectivity index (χ3n) is 3.93. The molecule has 0 bridgehead atoms. The van der Waals surface area contributed by atoms with E-state index in [-0.39, 0.29) is 0 Å². The average Bonchev–Trinajstić information content (AvgIpc) is 2.62. The minimum atomic E-state index is -4.43. The summed E-state index contributed by atoms with van der Waals surface area (Å²) in [4.78, 5) is 16.3. The van der Waals surface area contributed by atoms with Gasteiger partial charge in [-0.1, -0.05) is 6.07 Å². The first kappa shape index (κ1) is 17.2. The van der Waals surface area contributed by atoms with E-state index >= 15 is 0 Å². The second-order valence-electron chi connectivity index (χ2n) is 5.62. The van der Waals surface area contributed by atoms with Crippen LogP contribution in [0.5, 0.6) is 0 Å². The molecule has 1 aliphatic heterocycles. The van der Waals surface area contributed by atoms with E-state index in [1.165, 1.54) is 6.07 Å². The van der Waals surface area contributed by atoms with Crippen LogP contribution in [-0.2, 0) is 6.18 Å². The first-order valence-electron chi connectivity index (χ1n) is 8.08. The third-order valence-corrected chi connectivity index (χ3v) is 3.93. The molecule has 0 atom stereocenters. The number of nitrogens with zero attached hydrogens (tertiary/aromatic N) is 5. The van der Waals surface area contributed by atoms with Gasteiger partial charge in [-0.3, -0.25) is 0 Å². The summed E-state index contributed by atoms with van der Waals surface area (Å²) in [6, 6.07) is 5.82. The molecule has 0 radical (unpaired) electrons. The van der Waals surface area contributed by atoms with Crippen LogP contribution >= 0.6 is 0 Å². The zero-order valence-corrected chi connectivity index (χ0v) is 13.8. The number of rotatable bonds is 4. The Morgan fingerprint density at radius 3 is 2.24 bits per heavy atom. The van der Waals surface area contributed by atoms with Gasteiger partial charge >= 0.3 is 6.18 Å². The second kappa shape index (κ2) is 7.12. The van der Waals surface area contributed by atoms with Gasteiger partial charge in [0, 0.05) is 38.9 Å². The number of pyridine rings is 1. The Hall–Kier alpha value is -2.58. The Labute approximate surface area is 143 Å². The number of alkyl halides is 3. The molecular weight excluding hydrogens is 333 g/mol. The molecule has 2 aromatic heterocycles. The molecule has 0 saturated carbocycles. The lowest BCUT2D eigenvalue weighted by Gasteiger charge is -2.36. The van der Waals surface area contributed by atoms with Crippen LogP contribution in [0.2, 0.25) is 0 Å². The van der Waals surface area contributed by atoms with Crippen LogP contribution in [0, 0.1) is 0 Å². The molecule has 3 heterocycles. The van der Waals surface area contributed by atoms with Crippen LogP contribution in [0.4, 0.5) is 30.8 Å². The lowest BCUT2D eigenvalue weighted by atomic mass is 10.2. The second-order valence-corrected chi connectivity index (χ2v) is 5.62. The van der Waals surface area contributed by atoms with E-state index < -0.39 is 11.9 Å². The Kier molecular flexibility index (Phi) is 4.91. The van der Waals surface area contributed by atoms with E-state index in [2.05, 4.69) is 25.2 Å². The fourth-order valence-electron chi connectivity index (χ4n) is 2.69. The average molecular weight is 352 g/mol. The SMILES string of the molecule is CCNc1nccc(N2CCN(c3cccc(C(F)(F)F)n3)CC2)n1. The number of hydrogen-bond donors (Lipinski definition) is 1. The summed E-state index contributed by atoms with van der Waals surface area (Å²) in [5, 5.41) is 3.07. The molecule has 0 amide bonds. The molecule has 1 fully saturated rings. The van der Waals surface area contributed by atoms with Crippen LogP contribution in [0.1, 0.15) is 12.6 Å². The number of aromatic nitrogens is 3. The first-order chi connectivity index (χ1) is 12.0. The van der Waals surface area contributed by atoms with Gasteiger partial charge in [0.2, 0.25) is 5.95 Å². The van der Waals surface area contributed by atoms with E-state index in [9.17, 15) is 13.2 Å². The molecular formula is C16H19F3N6. The van der Waals surface area contributed by atoms with Crippen molar-refractivity contribution in [2.75, 3.05) is 47.8 Å². The van der Waals surface area contributed by atoms with Crippen molar-refractivity contribution in [1.29, 1.82) is 0 Å². The maximum Gasteiger partial charge on any atom is 0.433 e. The van der Waals surface area contributed by atoms with Crippen molar-refractivity contribution < 1.29 is 13.2 Å². The molecule has 0 aromatic carbocycles. The van der Waals surface area contributed by atoms with Gasteiger partial charge in [0.15, 0.2) is 0 Å². The summed E-state index contributed by atoms with van der Waals surface area (Å²) in [5.74, 6) is 1.73. The summed E-state index contributed by atoms with van der Waals surface area (Å²) in [6.07, 6.45) is -2.73. The molecule has 134 valence electrons. The molecule has 1 saturated heterocycles. The summed E-state index contributed by atoms with van der Waals surface area (Å²) in [6.45, 7) is 5.17. The van der Waals surface area contributed by atoms with Crippen LogP contribution < -0.4 is 15.1 Å². The summed E-state index contributed by atoms with van der Waals surface area (Å²) < 4.78 is 38.4. The normalized spacial score (nSPS) is 15.4. The summed E-state index contributed by atoms with van der Waals surface area (Å²) in [5.41, 5.74) is -0.862. The number of piperazine rings is 1. The van der Waals surface area contributed by atoms with E-state index in [1.807, 2.05) is 17.9 Å². The maximum absolute atomic E-state index is 12.8.